The zero-order chi connectivity index (χ0) is 13.1. The maximum absolute atomic E-state index is 10.3. The number of hydrogen-bond acceptors (Lipinski definition) is 2. The van der Waals surface area contributed by atoms with Crippen LogP contribution in [0.25, 0.3) is 0 Å². The van der Waals surface area contributed by atoms with E-state index in [-0.39, 0.29) is 0 Å². The highest BCUT2D eigenvalue weighted by Gasteiger charge is 2.14. The number of hydrogen-bond donors (Lipinski definition) is 1. The zero-order valence-electron chi connectivity index (χ0n) is 11.5. The number of unbranched alkanes of at least 4 members (excludes halogenated alkanes) is 7. The summed E-state index contributed by atoms with van der Waals surface area (Å²) in [5.41, 5.74) is 0. The Morgan fingerprint density at radius 1 is 1.00 bits per heavy atom. The molecule has 0 spiro atoms. The van der Waals surface area contributed by atoms with Gasteiger partial charge in [0.05, 0.1) is 6.10 Å². The summed E-state index contributed by atoms with van der Waals surface area (Å²) in [6.07, 6.45) is 14.3. The van der Waals surface area contributed by atoms with E-state index in [1.165, 1.54) is 57.8 Å². The lowest BCUT2D eigenvalue weighted by Crippen LogP contribution is -2.03. The number of rotatable bonds is 11. The predicted octanol–water partition coefficient (Wildman–Crippen LogP) is 4.15. The minimum Gasteiger partial charge on any atom is -0.481 e. The first-order chi connectivity index (χ1) is 8.79. The summed E-state index contributed by atoms with van der Waals surface area (Å²) in [6, 6.07) is 0. The molecule has 1 N–H and O–H groups in total. The number of carbonyl (C=O) groups is 1. The van der Waals surface area contributed by atoms with Crippen molar-refractivity contribution in [1.29, 1.82) is 0 Å². The molecule has 1 heterocycles. The maximum Gasteiger partial charge on any atom is 0.303 e. The summed E-state index contributed by atoms with van der Waals surface area (Å²) >= 11 is 0. The lowest BCUT2D eigenvalue weighted by atomic mass is 10.0. The molecule has 0 bridgehead atoms. The van der Waals surface area contributed by atoms with E-state index in [0.717, 1.165) is 19.4 Å². The third kappa shape index (κ3) is 8.51. The van der Waals surface area contributed by atoms with Gasteiger partial charge in [-0.2, -0.15) is 0 Å². The first kappa shape index (κ1) is 15.5. The summed E-state index contributed by atoms with van der Waals surface area (Å²) in [6.45, 7) is 0.973. The number of aliphatic carboxylic acids is 1. The highest BCUT2D eigenvalue weighted by Crippen LogP contribution is 2.19. The predicted molar refractivity (Wildman–Crippen MR) is 72.8 cm³/mol. The van der Waals surface area contributed by atoms with Crippen molar-refractivity contribution >= 4 is 5.97 Å². The van der Waals surface area contributed by atoms with Crippen molar-refractivity contribution in [2.45, 2.75) is 83.2 Å². The third-order valence-corrected chi connectivity index (χ3v) is 3.69. The molecule has 0 aromatic carbocycles. The van der Waals surface area contributed by atoms with Crippen LogP contribution in [0.1, 0.15) is 77.0 Å². The largest absolute Gasteiger partial charge is 0.481 e. The lowest BCUT2D eigenvalue weighted by molar-refractivity contribution is -0.137. The average Bonchev–Trinajstić information content (AvgIpc) is 2.84. The number of carboxylic acids is 1. The molecular weight excluding hydrogens is 228 g/mol. The van der Waals surface area contributed by atoms with Crippen molar-refractivity contribution in [1.82, 2.24) is 0 Å². The Hall–Kier alpha value is -0.570. The minimum absolute atomic E-state index is 0.335. The summed E-state index contributed by atoms with van der Waals surface area (Å²) in [5, 5.41) is 8.49. The van der Waals surface area contributed by atoms with E-state index in [1.807, 2.05) is 0 Å². The average molecular weight is 256 g/mol. The van der Waals surface area contributed by atoms with Gasteiger partial charge in [-0.25, -0.2) is 0 Å². The van der Waals surface area contributed by atoms with E-state index in [4.69, 9.17) is 9.84 Å². The van der Waals surface area contributed by atoms with Crippen LogP contribution in [-0.2, 0) is 9.53 Å². The molecule has 0 amide bonds. The molecule has 18 heavy (non-hydrogen) atoms. The highest BCUT2D eigenvalue weighted by atomic mass is 16.5. The van der Waals surface area contributed by atoms with Gasteiger partial charge < -0.3 is 9.84 Å². The van der Waals surface area contributed by atoms with Gasteiger partial charge in [-0.3, -0.25) is 4.79 Å². The lowest BCUT2D eigenvalue weighted by Gasteiger charge is -2.08. The molecule has 1 aliphatic heterocycles. The zero-order valence-corrected chi connectivity index (χ0v) is 11.5. The monoisotopic (exact) mass is 256 g/mol. The van der Waals surface area contributed by atoms with Crippen molar-refractivity contribution in [3.63, 3.8) is 0 Å². The molecule has 0 aromatic rings. The van der Waals surface area contributed by atoms with Crippen molar-refractivity contribution < 1.29 is 14.6 Å². The van der Waals surface area contributed by atoms with Gasteiger partial charge in [-0.05, 0) is 25.7 Å². The highest BCUT2D eigenvalue weighted by molar-refractivity contribution is 5.66. The van der Waals surface area contributed by atoms with Crippen LogP contribution >= 0.6 is 0 Å². The van der Waals surface area contributed by atoms with Gasteiger partial charge in [0.25, 0.3) is 0 Å². The molecule has 1 aliphatic rings. The fourth-order valence-corrected chi connectivity index (χ4v) is 2.58. The molecule has 0 aromatic heterocycles. The normalized spacial score (nSPS) is 19.2. The van der Waals surface area contributed by atoms with E-state index >= 15 is 0 Å². The van der Waals surface area contributed by atoms with Crippen molar-refractivity contribution in [2.75, 3.05) is 6.61 Å². The molecule has 3 heteroatoms. The summed E-state index contributed by atoms with van der Waals surface area (Å²) in [5.74, 6) is -0.663. The molecule has 1 rings (SSSR count). The van der Waals surface area contributed by atoms with Crippen LogP contribution in [0.2, 0.25) is 0 Å². The third-order valence-electron chi connectivity index (χ3n) is 3.69. The number of ether oxygens (including phenoxy) is 1. The Morgan fingerprint density at radius 3 is 2.17 bits per heavy atom. The molecule has 0 saturated carbocycles. The fourth-order valence-electron chi connectivity index (χ4n) is 2.58. The minimum atomic E-state index is -0.663. The van der Waals surface area contributed by atoms with E-state index in [1.54, 1.807) is 0 Å². The maximum atomic E-state index is 10.3. The molecule has 1 fully saturated rings. The van der Waals surface area contributed by atoms with Gasteiger partial charge in [0.2, 0.25) is 0 Å². The van der Waals surface area contributed by atoms with Crippen LogP contribution in [0.4, 0.5) is 0 Å². The second-order valence-corrected chi connectivity index (χ2v) is 5.40. The summed E-state index contributed by atoms with van der Waals surface area (Å²) in [4.78, 5) is 10.3. The van der Waals surface area contributed by atoms with Crippen LogP contribution in [-0.4, -0.2) is 23.8 Å². The Morgan fingerprint density at radius 2 is 1.61 bits per heavy atom. The number of carboxylic acid groups (broad SMARTS) is 1. The molecular formula is C15H28O3. The first-order valence-electron chi connectivity index (χ1n) is 7.62. The van der Waals surface area contributed by atoms with Gasteiger partial charge >= 0.3 is 5.97 Å². The molecule has 106 valence electrons. The van der Waals surface area contributed by atoms with E-state index in [0.29, 0.717) is 12.5 Å². The van der Waals surface area contributed by atoms with Crippen LogP contribution in [0.15, 0.2) is 0 Å². The Labute approximate surface area is 111 Å². The molecule has 3 nitrogen and oxygen atoms in total. The van der Waals surface area contributed by atoms with E-state index in [2.05, 4.69) is 0 Å². The SMILES string of the molecule is O=C(O)CCCCCCCCCCC1CCCO1. The van der Waals surface area contributed by atoms with E-state index < -0.39 is 5.97 Å². The van der Waals surface area contributed by atoms with Crippen LogP contribution in [0.3, 0.4) is 0 Å². The second kappa shape index (κ2) is 10.4. The fraction of sp³-hybridized carbons (Fsp3) is 0.933. The topological polar surface area (TPSA) is 46.5 Å². The van der Waals surface area contributed by atoms with Crippen molar-refractivity contribution in [2.24, 2.45) is 0 Å². The second-order valence-electron chi connectivity index (χ2n) is 5.40. The molecule has 0 aliphatic carbocycles. The molecule has 1 saturated heterocycles. The molecule has 1 atom stereocenters. The van der Waals surface area contributed by atoms with Gasteiger partial charge in [0.1, 0.15) is 0 Å². The van der Waals surface area contributed by atoms with Gasteiger partial charge in [0, 0.05) is 13.0 Å². The Kier molecular flexibility index (Phi) is 8.92. The van der Waals surface area contributed by atoms with Crippen molar-refractivity contribution in [3.05, 3.63) is 0 Å². The van der Waals surface area contributed by atoms with Gasteiger partial charge in [-0.15, -0.1) is 0 Å². The van der Waals surface area contributed by atoms with Crippen LogP contribution < -0.4 is 0 Å². The standard InChI is InChI=1S/C15H28O3/c16-15(17)12-8-6-4-2-1-3-5-7-10-14-11-9-13-18-14/h14H,1-13H2,(H,16,17). The van der Waals surface area contributed by atoms with E-state index in [9.17, 15) is 4.79 Å². The van der Waals surface area contributed by atoms with Gasteiger partial charge in [0.15, 0.2) is 0 Å². The Balaban J connectivity index is 1.72. The first-order valence-corrected chi connectivity index (χ1v) is 7.62. The summed E-state index contributed by atoms with van der Waals surface area (Å²) < 4.78 is 5.60. The Bertz CT molecular complexity index is 210. The van der Waals surface area contributed by atoms with Crippen molar-refractivity contribution in [3.8, 4) is 0 Å². The van der Waals surface area contributed by atoms with Gasteiger partial charge in [-0.1, -0.05) is 44.9 Å². The van der Waals surface area contributed by atoms with Crippen LogP contribution in [0, 0.1) is 0 Å². The smallest absolute Gasteiger partial charge is 0.303 e. The quantitative estimate of drug-likeness (QED) is 0.565. The molecule has 1 unspecified atom stereocenters. The van der Waals surface area contributed by atoms with Crippen LogP contribution in [0.5, 0.6) is 0 Å². The summed E-state index contributed by atoms with van der Waals surface area (Å²) in [7, 11) is 0. The molecule has 0 radical (unpaired) electrons.